The number of hydrogen-bond acceptors (Lipinski definition) is 1. The van der Waals surface area contributed by atoms with Crippen LogP contribution in [0, 0.1) is 0 Å². The maximum atomic E-state index is 10.8. The summed E-state index contributed by atoms with van der Waals surface area (Å²) in [6, 6.07) is 0. The Labute approximate surface area is 84.3 Å². The van der Waals surface area contributed by atoms with Crippen LogP contribution in [0.2, 0.25) is 0 Å². The van der Waals surface area contributed by atoms with E-state index in [1.54, 1.807) is 0 Å². The molecule has 0 bridgehead atoms. The van der Waals surface area contributed by atoms with Gasteiger partial charge in [-0.25, -0.2) is 4.79 Å². The summed E-state index contributed by atoms with van der Waals surface area (Å²) in [5, 5.41) is 8.85. The van der Waals surface area contributed by atoms with E-state index in [1.807, 2.05) is 0 Å². The molecule has 13 heavy (non-hydrogen) atoms. The maximum absolute atomic E-state index is 10.8. The quantitative estimate of drug-likeness (QED) is 0.797. The molecule has 1 aliphatic rings. The van der Waals surface area contributed by atoms with Gasteiger partial charge in [0.05, 0.1) is 4.47 Å². The van der Waals surface area contributed by atoms with Crippen LogP contribution in [0.5, 0.6) is 0 Å². The second-order valence-corrected chi connectivity index (χ2v) is 4.24. The van der Waals surface area contributed by atoms with E-state index in [4.69, 9.17) is 5.11 Å². The van der Waals surface area contributed by atoms with Gasteiger partial charge in [0, 0.05) is 5.69 Å². The van der Waals surface area contributed by atoms with E-state index in [0.29, 0.717) is 5.92 Å². The van der Waals surface area contributed by atoms with E-state index in [9.17, 15) is 4.79 Å². The number of carbonyl (C=O) groups is 1. The lowest BCUT2D eigenvalue weighted by molar-refractivity contribution is 0.0690. The van der Waals surface area contributed by atoms with E-state index < -0.39 is 5.97 Å². The van der Waals surface area contributed by atoms with Crippen molar-refractivity contribution in [2.24, 2.45) is 0 Å². The van der Waals surface area contributed by atoms with Gasteiger partial charge < -0.3 is 10.1 Å². The summed E-state index contributed by atoms with van der Waals surface area (Å²) in [6.45, 7) is 2.12. The van der Waals surface area contributed by atoms with Gasteiger partial charge in [0.2, 0.25) is 0 Å². The van der Waals surface area contributed by atoms with Gasteiger partial charge in [-0.3, -0.25) is 0 Å². The number of aromatic carboxylic acids is 1. The molecule has 0 aromatic carbocycles. The molecule has 3 nitrogen and oxygen atoms in total. The van der Waals surface area contributed by atoms with Gasteiger partial charge >= 0.3 is 5.97 Å². The zero-order chi connectivity index (χ0) is 9.59. The fourth-order valence-corrected chi connectivity index (χ4v) is 2.80. The van der Waals surface area contributed by atoms with Gasteiger partial charge in [0.15, 0.2) is 0 Å². The van der Waals surface area contributed by atoms with Crippen molar-refractivity contribution in [1.82, 2.24) is 4.98 Å². The number of halogens is 1. The number of rotatable bonds is 1. The van der Waals surface area contributed by atoms with Crippen LogP contribution in [0.3, 0.4) is 0 Å². The Morgan fingerprint density at radius 1 is 1.69 bits per heavy atom. The van der Waals surface area contributed by atoms with Crippen molar-refractivity contribution in [1.29, 1.82) is 0 Å². The molecule has 4 heteroatoms. The molecule has 1 aromatic heterocycles. The second-order valence-electron chi connectivity index (χ2n) is 3.45. The molecule has 0 spiro atoms. The molecule has 0 aliphatic heterocycles. The highest BCUT2D eigenvalue weighted by atomic mass is 79.9. The number of H-pyrrole nitrogens is 1. The van der Waals surface area contributed by atoms with Crippen LogP contribution < -0.4 is 0 Å². The maximum Gasteiger partial charge on any atom is 0.353 e. The molecule has 0 unspecified atom stereocenters. The van der Waals surface area contributed by atoms with Gasteiger partial charge in [0.25, 0.3) is 0 Å². The monoisotopic (exact) mass is 243 g/mol. The van der Waals surface area contributed by atoms with Crippen molar-refractivity contribution in [3.63, 3.8) is 0 Å². The summed E-state index contributed by atoms with van der Waals surface area (Å²) in [5.74, 6) is -0.429. The zero-order valence-electron chi connectivity index (χ0n) is 7.22. The Bertz CT molecular complexity index is 370. The average Bonchev–Trinajstić information content (AvgIpc) is 2.55. The van der Waals surface area contributed by atoms with E-state index >= 15 is 0 Å². The number of carboxylic acids is 1. The van der Waals surface area contributed by atoms with Gasteiger partial charge in [0.1, 0.15) is 5.69 Å². The number of aromatic amines is 1. The van der Waals surface area contributed by atoms with Crippen molar-refractivity contribution in [2.75, 3.05) is 0 Å². The molecule has 1 heterocycles. The van der Waals surface area contributed by atoms with Crippen molar-refractivity contribution in [3.05, 3.63) is 21.4 Å². The average molecular weight is 244 g/mol. The van der Waals surface area contributed by atoms with Crippen molar-refractivity contribution >= 4 is 21.9 Å². The van der Waals surface area contributed by atoms with Crippen LogP contribution in [0.1, 0.15) is 41.0 Å². The van der Waals surface area contributed by atoms with Crippen LogP contribution in [-0.2, 0) is 6.42 Å². The third-order valence-corrected chi connectivity index (χ3v) is 3.41. The lowest BCUT2D eigenvalue weighted by Gasteiger charge is -2.01. The van der Waals surface area contributed by atoms with E-state index in [0.717, 1.165) is 28.6 Å². The summed E-state index contributed by atoms with van der Waals surface area (Å²) in [6.07, 6.45) is 2.07. The Morgan fingerprint density at radius 2 is 2.38 bits per heavy atom. The van der Waals surface area contributed by atoms with Crippen LogP contribution >= 0.6 is 15.9 Å². The first kappa shape index (κ1) is 8.81. The van der Waals surface area contributed by atoms with Gasteiger partial charge in [-0.1, -0.05) is 6.92 Å². The molecule has 2 N–H and O–H groups in total. The molecule has 0 radical (unpaired) electrons. The largest absolute Gasteiger partial charge is 0.477 e. The van der Waals surface area contributed by atoms with Crippen LogP contribution in [0.15, 0.2) is 4.47 Å². The van der Waals surface area contributed by atoms with Crippen LogP contribution in [-0.4, -0.2) is 16.1 Å². The number of carboxylic acid groups (broad SMARTS) is 1. The molecule has 0 amide bonds. The predicted molar refractivity (Wildman–Crippen MR) is 52.2 cm³/mol. The van der Waals surface area contributed by atoms with Gasteiger partial charge in [-0.15, -0.1) is 0 Å². The minimum atomic E-state index is -0.895. The van der Waals surface area contributed by atoms with Crippen molar-refractivity contribution in [3.8, 4) is 0 Å². The summed E-state index contributed by atoms with van der Waals surface area (Å²) >= 11 is 3.33. The lowest BCUT2D eigenvalue weighted by Crippen LogP contribution is -1.98. The van der Waals surface area contributed by atoms with E-state index in [2.05, 4.69) is 27.8 Å². The Kier molecular flexibility index (Phi) is 1.95. The SMILES string of the molecule is C[C@H]1CCc2[nH]c(C(=O)O)c(Br)c21. The highest BCUT2D eigenvalue weighted by molar-refractivity contribution is 9.10. The summed E-state index contributed by atoms with van der Waals surface area (Å²) < 4.78 is 0.736. The summed E-state index contributed by atoms with van der Waals surface area (Å²) in [7, 11) is 0. The first-order chi connectivity index (χ1) is 6.11. The normalized spacial score (nSPS) is 20.3. The number of aryl methyl sites for hydroxylation is 1. The Balaban J connectivity index is 2.56. The van der Waals surface area contributed by atoms with Crippen LogP contribution in [0.4, 0.5) is 0 Å². The minimum absolute atomic E-state index is 0.288. The Hall–Kier alpha value is -0.770. The number of hydrogen-bond donors (Lipinski definition) is 2. The van der Waals surface area contributed by atoms with Crippen molar-refractivity contribution in [2.45, 2.75) is 25.7 Å². The molecule has 70 valence electrons. The third-order valence-electron chi connectivity index (χ3n) is 2.59. The molecule has 1 aliphatic carbocycles. The number of aromatic nitrogens is 1. The van der Waals surface area contributed by atoms with Crippen LogP contribution in [0.25, 0.3) is 0 Å². The highest BCUT2D eigenvalue weighted by Crippen LogP contribution is 2.39. The molecule has 1 aromatic rings. The predicted octanol–water partition coefficient (Wildman–Crippen LogP) is 2.53. The molecular formula is C9H10BrNO2. The fraction of sp³-hybridized carbons (Fsp3) is 0.444. The first-order valence-electron chi connectivity index (χ1n) is 4.24. The number of nitrogens with one attached hydrogen (secondary N) is 1. The molecule has 0 saturated carbocycles. The Morgan fingerprint density at radius 3 is 2.92 bits per heavy atom. The first-order valence-corrected chi connectivity index (χ1v) is 5.04. The zero-order valence-corrected chi connectivity index (χ0v) is 8.81. The molecule has 0 saturated heterocycles. The lowest BCUT2D eigenvalue weighted by atomic mass is 10.1. The fourth-order valence-electron chi connectivity index (χ4n) is 1.90. The molecular weight excluding hydrogens is 234 g/mol. The van der Waals surface area contributed by atoms with E-state index in [1.165, 1.54) is 0 Å². The standard InChI is InChI=1S/C9H10BrNO2/c1-4-2-3-5-6(4)7(10)8(11-5)9(12)13/h4,11H,2-3H2,1H3,(H,12,13)/t4-/m0/s1. The third kappa shape index (κ3) is 1.20. The molecule has 0 fully saturated rings. The smallest absolute Gasteiger partial charge is 0.353 e. The topological polar surface area (TPSA) is 53.1 Å². The van der Waals surface area contributed by atoms with Gasteiger partial charge in [-0.05, 0) is 40.3 Å². The van der Waals surface area contributed by atoms with Crippen molar-refractivity contribution < 1.29 is 9.90 Å². The second kappa shape index (κ2) is 2.87. The summed E-state index contributed by atoms with van der Waals surface area (Å²) in [4.78, 5) is 13.7. The van der Waals surface area contributed by atoms with E-state index in [-0.39, 0.29) is 5.69 Å². The number of fused-ring (bicyclic) bond motifs is 1. The molecule has 1 atom stereocenters. The summed E-state index contributed by atoms with van der Waals surface area (Å²) in [5.41, 5.74) is 2.52. The molecule has 2 rings (SSSR count). The van der Waals surface area contributed by atoms with Gasteiger partial charge in [-0.2, -0.15) is 0 Å². The minimum Gasteiger partial charge on any atom is -0.477 e. The highest BCUT2D eigenvalue weighted by Gasteiger charge is 2.27.